The van der Waals surface area contributed by atoms with Gasteiger partial charge in [0.25, 0.3) is 0 Å². The Bertz CT molecular complexity index is 549. The maximum absolute atomic E-state index is 11.5. The molecule has 17 heavy (non-hydrogen) atoms. The first-order valence-electron chi connectivity index (χ1n) is 5.17. The third-order valence-electron chi connectivity index (χ3n) is 2.08. The number of fused-ring (bicyclic) bond motifs is 1. The normalized spacial score (nSPS) is 10.8. The van der Waals surface area contributed by atoms with Crippen LogP contribution in [0, 0.1) is 6.92 Å². The van der Waals surface area contributed by atoms with E-state index in [1.165, 1.54) is 0 Å². The van der Waals surface area contributed by atoms with E-state index >= 15 is 0 Å². The molecule has 0 aliphatic heterocycles. The molecule has 90 valence electrons. The summed E-state index contributed by atoms with van der Waals surface area (Å²) in [5.74, 6) is 0. The first-order valence-corrected chi connectivity index (χ1v) is 5.98. The number of aryl methyl sites for hydroxylation is 1. The van der Waals surface area contributed by atoms with Gasteiger partial charge in [0.15, 0.2) is 0 Å². The van der Waals surface area contributed by atoms with Crippen LogP contribution in [0.3, 0.4) is 0 Å². The summed E-state index contributed by atoms with van der Waals surface area (Å²) < 4.78 is 1.13. The second-order valence-corrected chi connectivity index (χ2v) is 5.11. The predicted molar refractivity (Wildman–Crippen MR) is 70.2 cm³/mol. The number of hydrogen-bond donors (Lipinski definition) is 2. The van der Waals surface area contributed by atoms with Crippen molar-refractivity contribution in [3.8, 4) is 0 Å². The van der Waals surface area contributed by atoms with Crippen LogP contribution in [0.25, 0.3) is 10.2 Å². The van der Waals surface area contributed by atoms with E-state index in [1.54, 1.807) is 30.4 Å². The van der Waals surface area contributed by atoms with Gasteiger partial charge in [0.2, 0.25) is 0 Å². The first kappa shape index (κ1) is 11.8. The molecule has 2 aromatic rings. The monoisotopic (exact) mass is 250 g/mol. The molecule has 0 aliphatic carbocycles. The highest BCUT2D eigenvalue weighted by molar-refractivity contribution is 7.18. The smallest absolute Gasteiger partial charge is 0.307 e. The molecule has 0 spiro atoms. The lowest BCUT2D eigenvalue weighted by Gasteiger charge is -2.12. The molecule has 0 saturated heterocycles. The average Bonchev–Trinajstić information content (AvgIpc) is 2.55. The molecule has 0 bridgehead atoms. The summed E-state index contributed by atoms with van der Waals surface area (Å²) in [6, 6.07) is 5.44. The number of nitrogens with zero attached hydrogens (tertiary/aromatic N) is 2. The van der Waals surface area contributed by atoms with Gasteiger partial charge in [-0.05, 0) is 25.1 Å². The number of aromatic nitrogens is 1. The highest BCUT2D eigenvalue weighted by atomic mass is 32.1. The summed E-state index contributed by atoms with van der Waals surface area (Å²) in [4.78, 5) is 15.9. The van der Waals surface area contributed by atoms with Gasteiger partial charge < -0.3 is 5.32 Å². The molecule has 0 unspecified atom stereocenters. The fraction of sp³-hybridized carbons (Fsp3) is 0.273. The minimum absolute atomic E-state index is 0.263. The van der Waals surface area contributed by atoms with Crippen LogP contribution in [0.1, 0.15) is 5.01 Å². The Balaban J connectivity index is 2.16. The standard InChI is InChI=1S/C11H14N4OS/c1-7-12-9-6-8(4-5-10(9)17-7)13-11(16)14-15(2)3/h4-6H,1-3H3,(H2,13,14,16). The molecule has 0 atom stereocenters. The summed E-state index contributed by atoms with van der Waals surface area (Å²) >= 11 is 1.64. The van der Waals surface area contributed by atoms with Crippen molar-refractivity contribution >= 4 is 33.3 Å². The van der Waals surface area contributed by atoms with Gasteiger partial charge in [0.1, 0.15) is 0 Å². The van der Waals surface area contributed by atoms with Crippen molar-refractivity contribution in [2.75, 3.05) is 19.4 Å². The molecule has 5 nitrogen and oxygen atoms in total. The minimum atomic E-state index is -0.263. The van der Waals surface area contributed by atoms with Crippen LogP contribution in [0.2, 0.25) is 0 Å². The van der Waals surface area contributed by atoms with Gasteiger partial charge in [-0.25, -0.2) is 14.8 Å². The van der Waals surface area contributed by atoms with Crippen LogP contribution in [0.4, 0.5) is 10.5 Å². The second-order valence-electron chi connectivity index (χ2n) is 3.88. The number of amides is 2. The summed E-state index contributed by atoms with van der Waals surface area (Å²) in [7, 11) is 3.51. The molecule has 2 rings (SSSR count). The van der Waals surface area contributed by atoms with Crippen LogP contribution >= 0.6 is 11.3 Å². The van der Waals surface area contributed by atoms with Gasteiger partial charge in [-0.1, -0.05) is 0 Å². The van der Waals surface area contributed by atoms with E-state index in [2.05, 4.69) is 15.7 Å². The van der Waals surface area contributed by atoms with E-state index in [9.17, 15) is 4.79 Å². The number of urea groups is 1. The Morgan fingerprint density at radius 1 is 1.41 bits per heavy atom. The highest BCUT2D eigenvalue weighted by Crippen LogP contribution is 2.24. The maximum atomic E-state index is 11.5. The Labute approximate surface area is 103 Å². The van der Waals surface area contributed by atoms with Crippen LogP contribution < -0.4 is 10.7 Å². The van der Waals surface area contributed by atoms with Crippen molar-refractivity contribution in [3.63, 3.8) is 0 Å². The average molecular weight is 250 g/mol. The molecular formula is C11H14N4OS. The SMILES string of the molecule is Cc1nc2cc(NC(=O)NN(C)C)ccc2s1. The molecular weight excluding hydrogens is 236 g/mol. The summed E-state index contributed by atoms with van der Waals surface area (Å²) in [5.41, 5.74) is 4.26. The van der Waals surface area contributed by atoms with Crippen molar-refractivity contribution in [3.05, 3.63) is 23.2 Å². The zero-order chi connectivity index (χ0) is 12.4. The second kappa shape index (κ2) is 4.68. The van der Waals surface area contributed by atoms with E-state index in [1.807, 2.05) is 25.1 Å². The Morgan fingerprint density at radius 3 is 2.88 bits per heavy atom. The quantitative estimate of drug-likeness (QED) is 0.803. The number of hydrazine groups is 1. The Kier molecular flexibility index (Phi) is 3.26. The maximum Gasteiger partial charge on any atom is 0.333 e. The molecule has 0 radical (unpaired) electrons. The molecule has 6 heteroatoms. The number of nitrogens with one attached hydrogen (secondary N) is 2. The summed E-state index contributed by atoms with van der Waals surface area (Å²) in [6.07, 6.45) is 0. The Hall–Kier alpha value is -1.66. The van der Waals surface area contributed by atoms with E-state index < -0.39 is 0 Å². The van der Waals surface area contributed by atoms with Gasteiger partial charge in [-0.15, -0.1) is 11.3 Å². The molecule has 2 amide bonds. The van der Waals surface area contributed by atoms with Crippen molar-refractivity contribution < 1.29 is 4.79 Å². The van der Waals surface area contributed by atoms with Gasteiger partial charge in [-0.3, -0.25) is 5.43 Å². The first-order chi connectivity index (χ1) is 8.04. The molecule has 2 N–H and O–H groups in total. The van der Waals surface area contributed by atoms with E-state index in [4.69, 9.17) is 0 Å². The lowest BCUT2D eigenvalue weighted by atomic mass is 10.3. The van der Waals surface area contributed by atoms with Crippen molar-refractivity contribution in [2.45, 2.75) is 6.92 Å². The number of anilines is 1. The summed E-state index contributed by atoms with van der Waals surface area (Å²) in [6.45, 7) is 1.97. The minimum Gasteiger partial charge on any atom is -0.307 e. The fourth-order valence-corrected chi connectivity index (χ4v) is 2.29. The van der Waals surface area contributed by atoms with Crippen LogP contribution in [-0.4, -0.2) is 30.1 Å². The molecule has 0 saturated carbocycles. The van der Waals surface area contributed by atoms with Crippen molar-refractivity contribution in [1.29, 1.82) is 0 Å². The van der Waals surface area contributed by atoms with Crippen LogP contribution in [0.15, 0.2) is 18.2 Å². The van der Waals surface area contributed by atoms with Crippen molar-refractivity contribution in [1.82, 2.24) is 15.4 Å². The largest absolute Gasteiger partial charge is 0.333 e. The highest BCUT2D eigenvalue weighted by Gasteiger charge is 2.05. The van der Waals surface area contributed by atoms with E-state index in [0.29, 0.717) is 0 Å². The van der Waals surface area contributed by atoms with Crippen molar-refractivity contribution in [2.24, 2.45) is 0 Å². The van der Waals surface area contributed by atoms with Gasteiger partial charge in [0.05, 0.1) is 15.2 Å². The van der Waals surface area contributed by atoms with Crippen LogP contribution in [-0.2, 0) is 0 Å². The topological polar surface area (TPSA) is 57.3 Å². The third-order valence-corrected chi connectivity index (χ3v) is 3.03. The van der Waals surface area contributed by atoms with Gasteiger partial charge in [0, 0.05) is 19.8 Å². The molecule has 0 aliphatic rings. The lowest BCUT2D eigenvalue weighted by molar-refractivity contribution is 0.224. The number of hydrogen-bond acceptors (Lipinski definition) is 4. The summed E-state index contributed by atoms with van der Waals surface area (Å²) in [5, 5.41) is 5.35. The van der Waals surface area contributed by atoms with Crippen LogP contribution in [0.5, 0.6) is 0 Å². The fourth-order valence-electron chi connectivity index (χ4n) is 1.48. The van der Waals surface area contributed by atoms with Gasteiger partial charge in [-0.2, -0.15) is 0 Å². The number of carbonyl (C=O) groups excluding carboxylic acids is 1. The molecule has 1 aromatic heterocycles. The number of thiazole rings is 1. The molecule has 1 heterocycles. The predicted octanol–water partition coefficient (Wildman–Crippen LogP) is 2.20. The zero-order valence-corrected chi connectivity index (χ0v) is 10.8. The number of benzene rings is 1. The number of carbonyl (C=O) groups is 1. The third kappa shape index (κ3) is 2.92. The molecule has 0 fully saturated rings. The number of rotatable bonds is 2. The van der Waals surface area contributed by atoms with E-state index in [0.717, 1.165) is 20.9 Å². The van der Waals surface area contributed by atoms with Gasteiger partial charge >= 0.3 is 6.03 Å². The van der Waals surface area contributed by atoms with E-state index in [-0.39, 0.29) is 6.03 Å². The lowest BCUT2D eigenvalue weighted by Crippen LogP contribution is -2.39. The molecule has 1 aromatic carbocycles. The Morgan fingerprint density at radius 2 is 2.18 bits per heavy atom. The zero-order valence-electron chi connectivity index (χ0n) is 9.94.